The van der Waals surface area contributed by atoms with Crippen molar-refractivity contribution < 1.29 is 22.7 Å². The first-order valence-electron chi connectivity index (χ1n) is 11.1. The van der Waals surface area contributed by atoms with Gasteiger partial charge in [0.2, 0.25) is 0 Å². The molecule has 0 fully saturated rings. The van der Waals surface area contributed by atoms with Gasteiger partial charge < -0.3 is 19.0 Å². The van der Waals surface area contributed by atoms with E-state index in [1.165, 1.54) is 25.5 Å². The van der Waals surface area contributed by atoms with E-state index in [2.05, 4.69) is 4.98 Å². The van der Waals surface area contributed by atoms with Crippen LogP contribution >= 0.6 is 0 Å². The van der Waals surface area contributed by atoms with Crippen LogP contribution in [0.3, 0.4) is 0 Å². The Bertz CT molecular complexity index is 1720. The van der Waals surface area contributed by atoms with Gasteiger partial charge in [-0.05, 0) is 60.5 Å². The number of aromatic nitrogens is 2. The summed E-state index contributed by atoms with van der Waals surface area (Å²) in [7, 11) is -2.01. The molecule has 1 aliphatic rings. The normalized spacial score (nSPS) is 12.8. The van der Waals surface area contributed by atoms with Crippen molar-refractivity contribution in [2.75, 3.05) is 18.3 Å². The van der Waals surface area contributed by atoms with E-state index in [1.54, 1.807) is 41.4 Å². The lowest BCUT2D eigenvalue weighted by Gasteiger charge is -2.24. The van der Waals surface area contributed by atoms with Crippen molar-refractivity contribution in [3.63, 3.8) is 0 Å². The Hall–Kier alpha value is -4.18. The molecule has 0 spiro atoms. The number of carbonyl (C=O) groups is 2. The Balaban J connectivity index is 1.70. The Labute approximate surface area is 206 Å². The van der Waals surface area contributed by atoms with Gasteiger partial charge in [0.1, 0.15) is 5.52 Å². The molecule has 1 amide bonds. The Morgan fingerprint density at radius 3 is 2.42 bits per heavy atom. The number of methoxy groups -OCH3 is 1. The zero-order chi connectivity index (χ0) is 25.8. The standard InChI is InChI=1S/C26H23N3O6S/c1-15-10-22-20-11-16(14-36(3,33)34)4-9-21(20)28(13-19-12-27-24(30)23(15)29(19)22)25(31)17-5-7-18(8-6-17)26(32)35-2/h4-12H,13-14H2,1-3H3,(H,27,30). The molecule has 0 radical (unpaired) electrons. The Morgan fingerprint density at radius 1 is 1.06 bits per heavy atom. The van der Waals surface area contributed by atoms with Gasteiger partial charge in [-0.3, -0.25) is 9.59 Å². The molecule has 2 aromatic heterocycles. The lowest BCUT2D eigenvalue weighted by molar-refractivity contribution is 0.0600. The van der Waals surface area contributed by atoms with Crippen LogP contribution in [0.5, 0.6) is 0 Å². The van der Waals surface area contributed by atoms with Crippen molar-refractivity contribution in [1.29, 1.82) is 0 Å². The molecule has 36 heavy (non-hydrogen) atoms. The molecule has 1 N–H and O–H groups in total. The van der Waals surface area contributed by atoms with Crippen molar-refractivity contribution in [3.05, 3.63) is 93.0 Å². The minimum atomic E-state index is -3.29. The smallest absolute Gasteiger partial charge is 0.337 e. The highest BCUT2D eigenvalue weighted by Crippen LogP contribution is 2.39. The minimum Gasteiger partial charge on any atom is -0.465 e. The number of hydrogen-bond donors (Lipinski definition) is 1. The number of hydrogen-bond acceptors (Lipinski definition) is 6. The van der Waals surface area contributed by atoms with Gasteiger partial charge in [0.25, 0.3) is 11.5 Å². The molecular weight excluding hydrogens is 482 g/mol. The summed E-state index contributed by atoms with van der Waals surface area (Å²) in [4.78, 5) is 42.5. The summed E-state index contributed by atoms with van der Waals surface area (Å²) in [6, 6.07) is 13.2. The van der Waals surface area contributed by atoms with Crippen LogP contribution in [0, 0.1) is 6.92 Å². The predicted molar refractivity (Wildman–Crippen MR) is 135 cm³/mol. The number of nitrogens with zero attached hydrogens (tertiary/aromatic N) is 2. The number of aromatic amines is 1. The summed E-state index contributed by atoms with van der Waals surface area (Å²) in [5.74, 6) is -0.970. The highest BCUT2D eigenvalue weighted by Gasteiger charge is 2.29. The largest absolute Gasteiger partial charge is 0.465 e. The van der Waals surface area contributed by atoms with E-state index in [1.807, 2.05) is 17.4 Å². The van der Waals surface area contributed by atoms with Crippen LogP contribution in [0.25, 0.3) is 16.8 Å². The highest BCUT2D eigenvalue weighted by molar-refractivity contribution is 7.89. The SMILES string of the molecule is COC(=O)c1ccc(C(=O)N2Cc3c[nH]c(=O)c4c(C)cc(n34)-c3cc(CS(C)(=O)=O)ccc32)cc1. The zero-order valence-electron chi connectivity index (χ0n) is 19.9. The quantitative estimate of drug-likeness (QED) is 0.426. The summed E-state index contributed by atoms with van der Waals surface area (Å²) in [6.07, 6.45) is 2.75. The zero-order valence-corrected chi connectivity index (χ0v) is 20.7. The molecule has 10 heteroatoms. The maximum absolute atomic E-state index is 13.7. The number of anilines is 1. The van der Waals surface area contributed by atoms with E-state index in [9.17, 15) is 22.8 Å². The third-order valence-electron chi connectivity index (χ3n) is 6.24. The fourth-order valence-corrected chi connectivity index (χ4v) is 5.46. The fourth-order valence-electron chi connectivity index (χ4n) is 4.68. The fraction of sp³-hybridized carbons (Fsp3) is 0.192. The maximum Gasteiger partial charge on any atom is 0.337 e. The lowest BCUT2D eigenvalue weighted by atomic mass is 10.0. The molecule has 4 aromatic rings. The van der Waals surface area contributed by atoms with Crippen LogP contribution in [-0.2, 0) is 26.9 Å². The number of carbonyl (C=O) groups excluding carboxylic acids is 2. The van der Waals surface area contributed by atoms with E-state index in [-0.39, 0.29) is 23.8 Å². The van der Waals surface area contributed by atoms with Crippen LogP contribution < -0.4 is 10.5 Å². The van der Waals surface area contributed by atoms with Gasteiger partial charge in [-0.2, -0.15) is 0 Å². The van der Waals surface area contributed by atoms with Gasteiger partial charge in [-0.25, -0.2) is 13.2 Å². The first-order valence-corrected chi connectivity index (χ1v) is 13.2. The van der Waals surface area contributed by atoms with Gasteiger partial charge in [0.05, 0.1) is 42.0 Å². The number of H-pyrrole nitrogens is 1. The lowest BCUT2D eigenvalue weighted by Crippen LogP contribution is -2.31. The average molecular weight is 506 g/mol. The third kappa shape index (κ3) is 3.99. The number of rotatable bonds is 4. The second kappa shape index (κ2) is 8.49. The van der Waals surface area contributed by atoms with E-state index in [0.29, 0.717) is 44.8 Å². The number of ether oxygens (including phenoxy) is 1. The average Bonchev–Trinajstić information content (AvgIpc) is 3.13. The molecule has 1 aliphatic heterocycles. The number of amides is 1. The molecule has 9 nitrogen and oxygen atoms in total. The van der Waals surface area contributed by atoms with Crippen molar-refractivity contribution in [1.82, 2.24) is 9.38 Å². The molecule has 2 aromatic carbocycles. The van der Waals surface area contributed by atoms with Crippen molar-refractivity contribution in [3.8, 4) is 11.3 Å². The third-order valence-corrected chi connectivity index (χ3v) is 7.10. The highest BCUT2D eigenvalue weighted by atomic mass is 32.2. The van der Waals surface area contributed by atoms with Crippen LogP contribution in [0.2, 0.25) is 0 Å². The molecule has 0 saturated heterocycles. The molecule has 3 heterocycles. The number of nitrogens with one attached hydrogen (secondary N) is 1. The number of aryl methyl sites for hydroxylation is 1. The molecule has 184 valence electrons. The maximum atomic E-state index is 13.7. The monoisotopic (exact) mass is 505 g/mol. The van der Waals surface area contributed by atoms with Crippen LogP contribution in [0.1, 0.15) is 37.5 Å². The summed E-state index contributed by atoms with van der Waals surface area (Å²) < 4.78 is 30.5. The molecule has 0 atom stereocenters. The molecule has 0 unspecified atom stereocenters. The van der Waals surface area contributed by atoms with E-state index in [0.717, 1.165) is 5.56 Å². The van der Waals surface area contributed by atoms with Crippen LogP contribution in [0.15, 0.2) is 59.5 Å². The Morgan fingerprint density at radius 2 is 1.75 bits per heavy atom. The topological polar surface area (TPSA) is 118 Å². The number of esters is 1. The minimum absolute atomic E-state index is 0.154. The van der Waals surface area contributed by atoms with Gasteiger partial charge in [-0.1, -0.05) is 6.07 Å². The summed E-state index contributed by atoms with van der Waals surface area (Å²) in [5.41, 5.74) is 4.85. The van der Waals surface area contributed by atoms with Crippen molar-refractivity contribution >= 4 is 32.9 Å². The number of sulfone groups is 1. The van der Waals surface area contributed by atoms with Crippen LogP contribution in [-0.4, -0.2) is 43.0 Å². The van der Waals surface area contributed by atoms with Crippen LogP contribution in [0.4, 0.5) is 5.69 Å². The molecule has 0 saturated carbocycles. The molecule has 0 aliphatic carbocycles. The molecule has 5 rings (SSSR count). The van der Waals surface area contributed by atoms with E-state index in [4.69, 9.17) is 4.74 Å². The van der Waals surface area contributed by atoms with E-state index >= 15 is 0 Å². The summed E-state index contributed by atoms with van der Waals surface area (Å²) in [5, 5.41) is 0. The second-order valence-corrected chi connectivity index (χ2v) is 11.0. The second-order valence-electron chi connectivity index (χ2n) is 8.89. The van der Waals surface area contributed by atoms with E-state index < -0.39 is 15.8 Å². The first kappa shape index (κ1) is 23.6. The van der Waals surface area contributed by atoms with Crippen molar-refractivity contribution in [2.45, 2.75) is 19.2 Å². The van der Waals surface area contributed by atoms with Gasteiger partial charge in [0, 0.05) is 23.6 Å². The number of fused-ring (bicyclic) bond motifs is 2. The number of benzene rings is 2. The van der Waals surface area contributed by atoms with Gasteiger partial charge >= 0.3 is 5.97 Å². The first-order chi connectivity index (χ1) is 17.1. The molecular formula is C26H23N3O6S. The molecule has 0 bridgehead atoms. The van der Waals surface area contributed by atoms with Gasteiger partial charge in [-0.15, -0.1) is 0 Å². The van der Waals surface area contributed by atoms with Crippen molar-refractivity contribution in [2.24, 2.45) is 0 Å². The van der Waals surface area contributed by atoms with Gasteiger partial charge in [0.15, 0.2) is 9.84 Å². The predicted octanol–water partition coefficient (Wildman–Crippen LogP) is 3.09. The summed E-state index contributed by atoms with van der Waals surface area (Å²) >= 11 is 0. The Kier molecular flexibility index (Phi) is 5.55. The summed E-state index contributed by atoms with van der Waals surface area (Å²) in [6.45, 7) is 2.00.